The molecule has 0 saturated heterocycles. The fourth-order valence-corrected chi connectivity index (χ4v) is 4.45. The van der Waals surface area contributed by atoms with E-state index in [0.717, 1.165) is 22.5 Å². The Morgan fingerprint density at radius 1 is 0.929 bits per heavy atom. The molecule has 4 aromatic rings. The average molecular weight is 598 g/mol. The lowest BCUT2D eigenvalue weighted by atomic mass is 10.2. The number of hydrogen-bond donors (Lipinski definition) is 2. The molecule has 1 aromatic heterocycles. The van der Waals surface area contributed by atoms with Crippen molar-refractivity contribution in [1.82, 2.24) is 4.57 Å². The number of anilines is 1. The van der Waals surface area contributed by atoms with Gasteiger partial charge in [-0.2, -0.15) is 0 Å². The van der Waals surface area contributed by atoms with E-state index in [1.807, 2.05) is 24.3 Å². The number of benzene rings is 3. The zero-order chi connectivity index (χ0) is 19.7. The van der Waals surface area contributed by atoms with Crippen LogP contribution in [0.1, 0.15) is 0 Å². The van der Waals surface area contributed by atoms with Crippen molar-refractivity contribution in [2.45, 2.75) is 12.6 Å². The highest BCUT2D eigenvalue weighted by molar-refractivity contribution is 14.1. The third-order valence-electron chi connectivity index (χ3n) is 4.81. The van der Waals surface area contributed by atoms with Gasteiger partial charge in [-0.25, -0.2) is 0 Å². The van der Waals surface area contributed by atoms with E-state index in [0.29, 0.717) is 13.1 Å². The number of ether oxygens (including phenoxy) is 1. The van der Waals surface area contributed by atoms with Gasteiger partial charge in [0.25, 0.3) is 0 Å². The lowest BCUT2D eigenvalue weighted by Crippen LogP contribution is -2.24. The Kier molecular flexibility index (Phi) is 5.98. The quantitative estimate of drug-likeness (QED) is 0.289. The Morgan fingerprint density at radius 2 is 1.50 bits per heavy atom. The van der Waals surface area contributed by atoms with Crippen molar-refractivity contribution in [2.75, 3.05) is 19.0 Å². The predicted molar refractivity (Wildman–Crippen MR) is 132 cm³/mol. The molecule has 0 radical (unpaired) electrons. The zero-order valence-electron chi connectivity index (χ0n) is 15.3. The summed E-state index contributed by atoms with van der Waals surface area (Å²) in [6, 6.07) is 20.7. The van der Waals surface area contributed by atoms with Crippen LogP contribution in [-0.2, 0) is 6.54 Å². The Morgan fingerprint density at radius 3 is 2.04 bits per heavy atom. The van der Waals surface area contributed by atoms with E-state index in [1.54, 1.807) is 7.11 Å². The fraction of sp³-hybridized carbons (Fsp3) is 0.182. The first-order valence-corrected chi connectivity index (χ1v) is 11.1. The van der Waals surface area contributed by atoms with Gasteiger partial charge >= 0.3 is 0 Å². The maximum atomic E-state index is 10.7. The molecule has 1 heterocycles. The van der Waals surface area contributed by atoms with Gasteiger partial charge in [0.15, 0.2) is 0 Å². The molecule has 2 N–H and O–H groups in total. The lowest BCUT2D eigenvalue weighted by Gasteiger charge is -2.16. The van der Waals surface area contributed by atoms with Crippen molar-refractivity contribution in [2.24, 2.45) is 0 Å². The highest BCUT2D eigenvalue weighted by atomic mass is 127. The summed E-state index contributed by atoms with van der Waals surface area (Å²) in [5, 5.41) is 16.5. The number of hydrogen-bond acceptors (Lipinski definition) is 3. The third-order valence-corrected chi connectivity index (χ3v) is 6.16. The first-order valence-electron chi connectivity index (χ1n) is 8.98. The summed E-state index contributed by atoms with van der Waals surface area (Å²) >= 11 is 4.70. The monoisotopic (exact) mass is 598 g/mol. The summed E-state index contributed by atoms with van der Waals surface area (Å²) < 4.78 is 9.83. The molecule has 144 valence electrons. The molecule has 0 aliphatic carbocycles. The predicted octanol–water partition coefficient (Wildman–Crippen LogP) is 5.49. The molecule has 0 aliphatic heterocycles. The van der Waals surface area contributed by atoms with Gasteiger partial charge in [0, 0.05) is 41.2 Å². The second-order valence-corrected chi connectivity index (χ2v) is 9.19. The van der Waals surface area contributed by atoms with Crippen LogP contribution in [-0.4, -0.2) is 29.4 Å². The molecule has 28 heavy (non-hydrogen) atoms. The van der Waals surface area contributed by atoms with Crippen molar-refractivity contribution < 1.29 is 9.84 Å². The van der Waals surface area contributed by atoms with Gasteiger partial charge in [0.2, 0.25) is 0 Å². The van der Waals surface area contributed by atoms with Crippen LogP contribution in [0.3, 0.4) is 0 Å². The third kappa shape index (κ3) is 4.08. The van der Waals surface area contributed by atoms with E-state index in [9.17, 15) is 5.11 Å². The van der Waals surface area contributed by atoms with Gasteiger partial charge in [-0.3, -0.25) is 0 Å². The van der Waals surface area contributed by atoms with Gasteiger partial charge in [-0.1, -0.05) is 0 Å². The van der Waals surface area contributed by atoms with E-state index in [2.05, 4.69) is 91.5 Å². The maximum Gasteiger partial charge on any atom is 0.119 e. The number of rotatable bonds is 6. The number of methoxy groups -OCH3 is 1. The maximum absolute atomic E-state index is 10.7. The van der Waals surface area contributed by atoms with Crippen molar-refractivity contribution in [3.05, 3.63) is 67.8 Å². The van der Waals surface area contributed by atoms with Gasteiger partial charge in [0.05, 0.1) is 19.8 Å². The van der Waals surface area contributed by atoms with Crippen molar-refractivity contribution in [1.29, 1.82) is 0 Å². The van der Waals surface area contributed by atoms with E-state index < -0.39 is 6.10 Å². The smallest absolute Gasteiger partial charge is 0.119 e. The summed E-state index contributed by atoms with van der Waals surface area (Å²) in [7, 11) is 1.65. The average Bonchev–Trinajstić information content (AvgIpc) is 2.99. The van der Waals surface area contributed by atoms with Crippen molar-refractivity contribution in [3.8, 4) is 5.75 Å². The normalized spacial score (nSPS) is 12.4. The van der Waals surface area contributed by atoms with E-state index >= 15 is 0 Å². The molecule has 0 bridgehead atoms. The molecule has 0 aliphatic rings. The first-order chi connectivity index (χ1) is 13.5. The second-order valence-electron chi connectivity index (χ2n) is 6.70. The standard InChI is InChI=1S/C22H20I2N2O2/c1-28-18-6-4-16(5-7-18)25-12-17(27)13-26-21-8-2-14(23)10-19(21)20-11-15(24)3-9-22(20)26/h2-11,17,25,27H,12-13H2,1H3/t17-/m1/s1. The second kappa shape index (κ2) is 8.46. The van der Waals surface area contributed by atoms with Crippen LogP contribution < -0.4 is 10.1 Å². The minimum absolute atomic E-state index is 0.474. The molecule has 1 atom stereocenters. The summed E-state index contributed by atoms with van der Waals surface area (Å²) in [4.78, 5) is 0. The van der Waals surface area contributed by atoms with Crippen molar-refractivity contribution >= 4 is 72.7 Å². The Hall–Kier alpha value is -1.52. The molecule has 0 saturated carbocycles. The molecule has 4 nitrogen and oxygen atoms in total. The van der Waals surface area contributed by atoms with E-state index in [-0.39, 0.29) is 0 Å². The molecule has 0 fully saturated rings. The number of aliphatic hydroxyl groups is 1. The summed E-state index contributed by atoms with van der Waals surface area (Å²) in [6.45, 7) is 1.01. The van der Waals surface area contributed by atoms with Gasteiger partial charge in [-0.15, -0.1) is 0 Å². The van der Waals surface area contributed by atoms with Gasteiger partial charge in [0.1, 0.15) is 5.75 Å². The van der Waals surface area contributed by atoms with Gasteiger partial charge in [-0.05, 0) is 106 Å². The van der Waals surface area contributed by atoms with Crippen LogP contribution in [0.25, 0.3) is 21.8 Å². The minimum atomic E-state index is -0.514. The number of nitrogens with one attached hydrogen (secondary N) is 1. The topological polar surface area (TPSA) is 46.4 Å². The van der Waals surface area contributed by atoms with Crippen LogP contribution in [0, 0.1) is 7.14 Å². The highest BCUT2D eigenvalue weighted by Crippen LogP contribution is 2.31. The Bertz CT molecular complexity index is 1060. The first kappa shape index (κ1) is 19.8. The molecule has 0 amide bonds. The number of halogens is 2. The Labute approximate surface area is 191 Å². The number of aliphatic hydroxyl groups excluding tert-OH is 1. The molecule has 0 unspecified atom stereocenters. The van der Waals surface area contributed by atoms with Crippen LogP contribution in [0.5, 0.6) is 5.75 Å². The molecule has 4 rings (SSSR count). The summed E-state index contributed by atoms with van der Waals surface area (Å²) in [5.74, 6) is 0.820. The minimum Gasteiger partial charge on any atom is -0.497 e. The molecular formula is C22H20I2N2O2. The highest BCUT2D eigenvalue weighted by Gasteiger charge is 2.14. The van der Waals surface area contributed by atoms with Gasteiger partial charge < -0.3 is 19.7 Å². The zero-order valence-corrected chi connectivity index (χ0v) is 19.6. The molecule has 6 heteroatoms. The van der Waals surface area contributed by atoms with E-state index in [1.165, 1.54) is 17.9 Å². The van der Waals surface area contributed by atoms with Crippen LogP contribution >= 0.6 is 45.2 Å². The lowest BCUT2D eigenvalue weighted by molar-refractivity contribution is 0.169. The van der Waals surface area contributed by atoms with Crippen LogP contribution in [0.4, 0.5) is 5.69 Å². The number of fused-ring (bicyclic) bond motifs is 3. The molecule has 0 spiro atoms. The van der Waals surface area contributed by atoms with Crippen molar-refractivity contribution in [3.63, 3.8) is 0 Å². The SMILES string of the molecule is COc1ccc(NC[C@@H](O)Cn2c3ccc(I)cc3c3cc(I)ccc32)cc1. The molecule has 3 aromatic carbocycles. The Balaban J connectivity index is 1.59. The number of aromatic nitrogens is 1. The largest absolute Gasteiger partial charge is 0.497 e. The van der Waals surface area contributed by atoms with E-state index in [4.69, 9.17) is 4.74 Å². The van der Waals surface area contributed by atoms with Crippen LogP contribution in [0.2, 0.25) is 0 Å². The van der Waals surface area contributed by atoms with Crippen LogP contribution in [0.15, 0.2) is 60.7 Å². The fourth-order valence-electron chi connectivity index (χ4n) is 3.47. The summed E-state index contributed by atoms with van der Waals surface area (Å²) in [5.41, 5.74) is 3.27. The summed E-state index contributed by atoms with van der Waals surface area (Å²) in [6.07, 6.45) is -0.514. The number of nitrogens with zero attached hydrogens (tertiary/aromatic N) is 1. The molecular weight excluding hydrogens is 578 g/mol.